The zero-order valence-electron chi connectivity index (χ0n) is 10.8. The first-order chi connectivity index (χ1) is 8.35. The fraction of sp³-hybridized carbons (Fsp3) is 0.357. The summed E-state index contributed by atoms with van der Waals surface area (Å²) in [5, 5.41) is 4.11. The van der Waals surface area contributed by atoms with Gasteiger partial charge in [0.1, 0.15) is 6.54 Å². The van der Waals surface area contributed by atoms with Crippen molar-refractivity contribution in [3.8, 4) is 0 Å². The van der Waals surface area contributed by atoms with Crippen LogP contribution in [-0.2, 0) is 11.3 Å². The highest BCUT2D eigenvalue weighted by molar-refractivity contribution is 9.10. The summed E-state index contributed by atoms with van der Waals surface area (Å²) < 4.78 is 2.98. The number of benzene rings is 1. The summed E-state index contributed by atoms with van der Waals surface area (Å²) in [7, 11) is 0. The molecule has 0 unspecified atom stereocenters. The van der Waals surface area contributed by atoms with Crippen molar-refractivity contribution in [2.75, 3.05) is 0 Å². The SMILES string of the molecule is CC(C)(C)NC(=O)Cn1ccc2ccc(Br)cc21. The van der Waals surface area contributed by atoms with Crippen molar-refractivity contribution in [2.24, 2.45) is 0 Å². The van der Waals surface area contributed by atoms with Crippen LogP contribution in [0.25, 0.3) is 10.9 Å². The van der Waals surface area contributed by atoms with Crippen LogP contribution in [-0.4, -0.2) is 16.0 Å². The molecule has 4 heteroatoms. The Kier molecular flexibility index (Phi) is 3.48. The molecule has 0 fully saturated rings. The molecule has 0 aliphatic rings. The lowest BCUT2D eigenvalue weighted by Gasteiger charge is -2.20. The molecule has 0 saturated heterocycles. The minimum absolute atomic E-state index is 0.0278. The molecule has 0 atom stereocenters. The van der Waals surface area contributed by atoms with Crippen LogP contribution in [0.1, 0.15) is 20.8 Å². The monoisotopic (exact) mass is 308 g/mol. The van der Waals surface area contributed by atoms with Gasteiger partial charge in [0, 0.05) is 21.7 Å². The fourth-order valence-corrected chi connectivity index (χ4v) is 2.26. The van der Waals surface area contributed by atoms with Crippen molar-refractivity contribution < 1.29 is 4.79 Å². The summed E-state index contributed by atoms with van der Waals surface area (Å²) in [6.07, 6.45) is 1.94. The van der Waals surface area contributed by atoms with E-state index in [9.17, 15) is 4.79 Å². The Morgan fingerprint density at radius 2 is 2.06 bits per heavy atom. The number of fused-ring (bicyclic) bond motifs is 1. The maximum absolute atomic E-state index is 11.9. The van der Waals surface area contributed by atoms with Crippen LogP contribution in [0.2, 0.25) is 0 Å². The van der Waals surface area contributed by atoms with E-state index in [0.717, 1.165) is 15.4 Å². The van der Waals surface area contributed by atoms with Crippen LogP contribution in [0, 0.1) is 0 Å². The van der Waals surface area contributed by atoms with E-state index in [-0.39, 0.29) is 11.4 Å². The summed E-state index contributed by atoms with van der Waals surface area (Å²) in [6.45, 7) is 6.29. The molecule has 0 radical (unpaired) electrons. The molecule has 1 aromatic heterocycles. The fourth-order valence-electron chi connectivity index (χ4n) is 1.91. The van der Waals surface area contributed by atoms with Crippen molar-refractivity contribution in [1.82, 2.24) is 9.88 Å². The zero-order chi connectivity index (χ0) is 13.3. The normalized spacial score (nSPS) is 11.8. The van der Waals surface area contributed by atoms with Gasteiger partial charge in [-0.1, -0.05) is 22.0 Å². The quantitative estimate of drug-likeness (QED) is 0.907. The topological polar surface area (TPSA) is 34.0 Å². The van der Waals surface area contributed by atoms with Crippen molar-refractivity contribution in [2.45, 2.75) is 32.9 Å². The van der Waals surface area contributed by atoms with Gasteiger partial charge in [-0.2, -0.15) is 0 Å². The third kappa shape index (κ3) is 3.13. The number of nitrogens with zero attached hydrogens (tertiary/aromatic N) is 1. The Bertz CT molecular complexity index is 581. The lowest BCUT2D eigenvalue weighted by atomic mass is 10.1. The van der Waals surface area contributed by atoms with Gasteiger partial charge in [0.05, 0.1) is 0 Å². The van der Waals surface area contributed by atoms with E-state index < -0.39 is 0 Å². The lowest BCUT2D eigenvalue weighted by molar-refractivity contribution is -0.123. The molecule has 18 heavy (non-hydrogen) atoms. The van der Waals surface area contributed by atoms with E-state index in [0.29, 0.717) is 6.54 Å². The summed E-state index contributed by atoms with van der Waals surface area (Å²) in [5.74, 6) is 0.0278. The van der Waals surface area contributed by atoms with E-state index >= 15 is 0 Å². The van der Waals surface area contributed by atoms with Gasteiger partial charge in [0.2, 0.25) is 5.91 Å². The van der Waals surface area contributed by atoms with Crippen LogP contribution in [0.15, 0.2) is 34.9 Å². The Morgan fingerprint density at radius 3 is 2.72 bits per heavy atom. The molecule has 1 N–H and O–H groups in total. The van der Waals surface area contributed by atoms with Crippen LogP contribution in [0.4, 0.5) is 0 Å². The molecular weight excluding hydrogens is 292 g/mol. The Morgan fingerprint density at radius 1 is 1.33 bits per heavy atom. The molecule has 2 rings (SSSR count). The molecule has 0 aliphatic carbocycles. The van der Waals surface area contributed by atoms with Gasteiger partial charge in [-0.3, -0.25) is 4.79 Å². The zero-order valence-corrected chi connectivity index (χ0v) is 12.4. The molecule has 0 saturated carbocycles. The van der Waals surface area contributed by atoms with Crippen LogP contribution in [0.5, 0.6) is 0 Å². The second kappa shape index (κ2) is 4.76. The van der Waals surface area contributed by atoms with Gasteiger partial charge in [0.25, 0.3) is 0 Å². The van der Waals surface area contributed by atoms with Gasteiger partial charge >= 0.3 is 0 Å². The smallest absolute Gasteiger partial charge is 0.240 e. The van der Waals surface area contributed by atoms with Gasteiger partial charge < -0.3 is 9.88 Å². The standard InChI is InChI=1S/C14H17BrN2O/c1-14(2,3)16-13(18)9-17-7-6-10-4-5-11(15)8-12(10)17/h4-8H,9H2,1-3H3,(H,16,18). The number of aromatic nitrogens is 1. The van der Waals surface area contributed by atoms with Crippen molar-refractivity contribution in [3.63, 3.8) is 0 Å². The highest BCUT2D eigenvalue weighted by Crippen LogP contribution is 2.20. The molecular formula is C14H17BrN2O. The number of hydrogen-bond acceptors (Lipinski definition) is 1. The highest BCUT2D eigenvalue weighted by Gasteiger charge is 2.14. The molecule has 1 amide bonds. The summed E-state index contributed by atoms with van der Waals surface area (Å²) in [4.78, 5) is 11.9. The number of nitrogens with one attached hydrogen (secondary N) is 1. The number of carbonyl (C=O) groups is 1. The maximum atomic E-state index is 11.9. The van der Waals surface area contributed by atoms with E-state index in [1.165, 1.54) is 0 Å². The Balaban J connectivity index is 2.22. The number of amides is 1. The predicted octanol–water partition coefficient (Wildman–Crippen LogP) is 3.32. The molecule has 3 nitrogen and oxygen atoms in total. The maximum Gasteiger partial charge on any atom is 0.240 e. The molecule has 0 spiro atoms. The summed E-state index contributed by atoms with van der Waals surface area (Å²) >= 11 is 3.45. The third-order valence-electron chi connectivity index (χ3n) is 2.56. The van der Waals surface area contributed by atoms with E-state index in [1.807, 2.05) is 55.8 Å². The lowest BCUT2D eigenvalue weighted by Crippen LogP contribution is -2.42. The molecule has 1 aromatic carbocycles. The van der Waals surface area contributed by atoms with Gasteiger partial charge in [-0.15, -0.1) is 0 Å². The average molecular weight is 309 g/mol. The second-order valence-corrected chi connectivity index (χ2v) is 6.36. The predicted molar refractivity (Wildman–Crippen MR) is 77.5 cm³/mol. The van der Waals surface area contributed by atoms with Crippen LogP contribution < -0.4 is 5.32 Å². The average Bonchev–Trinajstić information content (AvgIpc) is 2.58. The van der Waals surface area contributed by atoms with Crippen molar-refractivity contribution >= 4 is 32.7 Å². The largest absolute Gasteiger partial charge is 0.350 e. The second-order valence-electron chi connectivity index (χ2n) is 5.44. The van der Waals surface area contributed by atoms with E-state index in [4.69, 9.17) is 0 Å². The molecule has 2 aromatic rings. The first-order valence-electron chi connectivity index (χ1n) is 5.90. The number of rotatable bonds is 2. The minimum atomic E-state index is -0.194. The van der Waals surface area contributed by atoms with Crippen molar-refractivity contribution in [3.05, 3.63) is 34.9 Å². The summed E-state index contributed by atoms with van der Waals surface area (Å²) in [6, 6.07) is 8.09. The number of halogens is 1. The first kappa shape index (κ1) is 13.1. The molecule has 96 valence electrons. The highest BCUT2D eigenvalue weighted by atomic mass is 79.9. The Hall–Kier alpha value is -1.29. The molecule has 1 heterocycles. The van der Waals surface area contributed by atoms with E-state index in [2.05, 4.69) is 21.2 Å². The van der Waals surface area contributed by atoms with E-state index in [1.54, 1.807) is 0 Å². The number of carbonyl (C=O) groups excluding carboxylic acids is 1. The number of hydrogen-bond donors (Lipinski definition) is 1. The van der Waals surface area contributed by atoms with Crippen LogP contribution in [0.3, 0.4) is 0 Å². The molecule has 0 aliphatic heterocycles. The van der Waals surface area contributed by atoms with Gasteiger partial charge in [0.15, 0.2) is 0 Å². The van der Waals surface area contributed by atoms with Gasteiger partial charge in [-0.05, 0) is 44.4 Å². The third-order valence-corrected chi connectivity index (χ3v) is 3.06. The summed E-state index contributed by atoms with van der Waals surface area (Å²) in [5.41, 5.74) is 0.870. The molecule has 0 bridgehead atoms. The minimum Gasteiger partial charge on any atom is -0.350 e. The first-order valence-corrected chi connectivity index (χ1v) is 6.70. The van der Waals surface area contributed by atoms with Gasteiger partial charge in [-0.25, -0.2) is 0 Å². The van der Waals surface area contributed by atoms with Crippen molar-refractivity contribution in [1.29, 1.82) is 0 Å². The van der Waals surface area contributed by atoms with Crippen LogP contribution >= 0.6 is 15.9 Å². The Labute approximate surface area is 115 Å².